The van der Waals surface area contributed by atoms with Gasteiger partial charge in [-0.1, -0.05) is 77.6 Å². The van der Waals surface area contributed by atoms with E-state index in [9.17, 15) is 9.90 Å². The van der Waals surface area contributed by atoms with Gasteiger partial charge in [0.25, 0.3) is 0 Å². The van der Waals surface area contributed by atoms with Crippen LogP contribution in [0.15, 0.2) is 42.3 Å². The Bertz CT molecular complexity index is 1230. The van der Waals surface area contributed by atoms with Crippen molar-refractivity contribution < 1.29 is 14.6 Å². The Morgan fingerprint density at radius 2 is 1.97 bits per heavy atom. The monoisotopic (exact) mass is 523 g/mol. The van der Waals surface area contributed by atoms with Crippen LogP contribution in [0.25, 0.3) is 11.1 Å². The first-order valence-electron chi connectivity index (χ1n) is 13.0. The molecule has 0 aliphatic carbocycles. The molecule has 0 amide bonds. The van der Waals surface area contributed by atoms with E-state index >= 15 is 0 Å². The molecule has 2 N–H and O–H groups in total. The van der Waals surface area contributed by atoms with Gasteiger partial charge in [-0.25, -0.2) is 4.79 Å². The van der Waals surface area contributed by atoms with Gasteiger partial charge in [0.1, 0.15) is 5.75 Å². The van der Waals surface area contributed by atoms with Crippen molar-refractivity contribution in [1.82, 2.24) is 15.4 Å². The third kappa shape index (κ3) is 7.70. The molecule has 0 spiro atoms. The molecule has 2 aromatic carbocycles. The molecule has 3 aromatic rings. The average molecular weight is 524 g/mol. The number of aromatic amines is 1. The maximum Gasteiger partial charge on any atom is 0.183 e. The highest BCUT2D eigenvalue weighted by molar-refractivity contribution is 6.30. The third-order valence-corrected chi connectivity index (χ3v) is 6.92. The van der Waals surface area contributed by atoms with Gasteiger partial charge in [0.15, 0.2) is 11.7 Å². The fraction of sp³-hybridized carbons (Fsp3) is 0.467. The molecule has 37 heavy (non-hydrogen) atoms. The molecule has 0 saturated carbocycles. The number of allylic oxidation sites excluding steroid dienone is 1. The number of nitrogens with zero attached hydrogens (tertiary/aromatic N) is 2. The summed E-state index contributed by atoms with van der Waals surface area (Å²) in [6, 6.07) is 9.49. The first kappa shape index (κ1) is 28.5. The van der Waals surface area contributed by atoms with Crippen molar-refractivity contribution in [3.63, 3.8) is 0 Å². The normalized spacial score (nSPS) is 12.3. The standard InChI is InChI=1S/C30H38ClN3O3/c1-6-8-9-20(7-2)19-37-25(18-35)12-21-13-27(29(36)28(14-21)30(3,4)5)26-11-10-23(31)15-22(26)16-24-17-32-34-33-24/h10-11,13-15,17,20,36H,6-9,12,16,19H2,1-5H3,(H,32,33,34). The van der Waals surface area contributed by atoms with Gasteiger partial charge in [-0.2, -0.15) is 15.4 Å². The van der Waals surface area contributed by atoms with Crippen molar-refractivity contribution in [2.75, 3.05) is 6.61 Å². The van der Waals surface area contributed by atoms with Crippen LogP contribution in [0.5, 0.6) is 5.75 Å². The third-order valence-electron chi connectivity index (χ3n) is 6.69. The topological polar surface area (TPSA) is 88.1 Å². The van der Waals surface area contributed by atoms with E-state index in [-0.39, 0.29) is 16.9 Å². The number of carbonyl (C=O) groups excluding carboxylic acids is 1. The Labute approximate surface area is 225 Å². The van der Waals surface area contributed by atoms with Gasteiger partial charge in [0, 0.05) is 29.0 Å². The van der Waals surface area contributed by atoms with Crippen molar-refractivity contribution in [2.45, 2.75) is 78.6 Å². The molecule has 7 heteroatoms. The summed E-state index contributed by atoms with van der Waals surface area (Å²) >= 11 is 6.34. The molecule has 0 radical (unpaired) electrons. The van der Waals surface area contributed by atoms with E-state index in [1.165, 1.54) is 0 Å². The second-order valence-electron chi connectivity index (χ2n) is 10.7. The van der Waals surface area contributed by atoms with Crippen molar-refractivity contribution >= 4 is 17.5 Å². The summed E-state index contributed by atoms with van der Waals surface area (Å²) in [7, 11) is 0. The van der Waals surface area contributed by atoms with Gasteiger partial charge in [-0.3, -0.25) is 0 Å². The van der Waals surface area contributed by atoms with Crippen LogP contribution in [0.1, 0.15) is 82.7 Å². The zero-order chi connectivity index (χ0) is 27.0. The summed E-state index contributed by atoms with van der Waals surface area (Å²) < 4.78 is 5.95. The highest BCUT2D eigenvalue weighted by Crippen LogP contribution is 2.42. The van der Waals surface area contributed by atoms with Crippen molar-refractivity contribution in [1.29, 1.82) is 0 Å². The second-order valence-corrected chi connectivity index (χ2v) is 11.1. The summed E-state index contributed by atoms with van der Waals surface area (Å²) in [4.78, 5) is 11.8. The molecule has 1 heterocycles. The smallest absolute Gasteiger partial charge is 0.183 e. The van der Waals surface area contributed by atoms with Crippen molar-refractivity contribution in [2.24, 2.45) is 5.92 Å². The van der Waals surface area contributed by atoms with Gasteiger partial charge in [-0.15, -0.1) is 0 Å². The molecule has 1 atom stereocenters. The summed E-state index contributed by atoms with van der Waals surface area (Å²) in [5, 5.41) is 22.7. The van der Waals surface area contributed by atoms with Gasteiger partial charge < -0.3 is 9.84 Å². The number of H-pyrrole nitrogens is 1. The molecule has 6 nitrogen and oxygen atoms in total. The number of rotatable bonds is 12. The van der Waals surface area contributed by atoms with E-state index in [4.69, 9.17) is 16.3 Å². The number of benzene rings is 2. The molecule has 1 unspecified atom stereocenters. The number of nitrogens with one attached hydrogen (secondary N) is 1. The van der Waals surface area contributed by atoms with Crippen LogP contribution in [-0.2, 0) is 27.8 Å². The van der Waals surface area contributed by atoms with Crippen LogP contribution in [0.4, 0.5) is 0 Å². The summed E-state index contributed by atoms with van der Waals surface area (Å²) in [5.41, 5.74) is 4.55. The Balaban J connectivity index is 1.99. The maximum absolute atomic E-state index is 11.8. The number of unbranched alkanes of at least 4 members (excludes halogenated alkanes) is 1. The lowest BCUT2D eigenvalue weighted by molar-refractivity contribution is 0.154. The SMILES string of the molecule is CCCCC(CC)COC(=C=O)Cc1cc(-c2ccc(Cl)cc2Cc2cn[nH]n2)c(O)c(C(C)(C)C)c1. The number of phenolic OH excluding ortho intramolecular Hbond substituents is 1. The highest BCUT2D eigenvalue weighted by atomic mass is 35.5. The molecule has 0 saturated heterocycles. The summed E-state index contributed by atoms with van der Waals surface area (Å²) in [6.07, 6.45) is 6.86. The van der Waals surface area contributed by atoms with Gasteiger partial charge in [0.2, 0.25) is 0 Å². The van der Waals surface area contributed by atoms with Crippen LogP contribution in [0.3, 0.4) is 0 Å². The molecule has 0 fully saturated rings. The number of aromatic hydroxyl groups is 1. The number of ether oxygens (including phenoxy) is 1. The Hall–Kier alpha value is -3.08. The lowest BCUT2D eigenvalue weighted by atomic mass is 9.82. The predicted octanol–water partition coefficient (Wildman–Crippen LogP) is 7.21. The zero-order valence-electron chi connectivity index (χ0n) is 22.5. The molecule has 0 aliphatic heterocycles. The minimum atomic E-state index is -0.326. The first-order chi connectivity index (χ1) is 17.7. The fourth-order valence-electron chi connectivity index (χ4n) is 4.47. The number of halogens is 1. The van der Waals surface area contributed by atoms with Gasteiger partial charge in [-0.05, 0) is 52.6 Å². The molecular formula is C30H38ClN3O3. The van der Waals surface area contributed by atoms with E-state index in [2.05, 4.69) is 50.0 Å². The largest absolute Gasteiger partial charge is 0.507 e. The fourth-order valence-corrected chi connectivity index (χ4v) is 4.66. The lowest BCUT2D eigenvalue weighted by Gasteiger charge is -2.24. The van der Waals surface area contributed by atoms with Crippen LogP contribution in [0, 0.1) is 5.92 Å². The van der Waals surface area contributed by atoms with Crippen LogP contribution >= 0.6 is 11.6 Å². The molecular weight excluding hydrogens is 486 g/mol. The summed E-state index contributed by atoms with van der Waals surface area (Å²) in [6.45, 7) is 11.0. The Morgan fingerprint density at radius 1 is 1.19 bits per heavy atom. The highest BCUT2D eigenvalue weighted by Gasteiger charge is 2.24. The number of hydrogen-bond donors (Lipinski definition) is 2. The van der Waals surface area contributed by atoms with E-state index in [0.717, 1.165) is 53.6 Å². The van der Waals surface area contributed by atoms with Crippen molar-refractivity contribution in [3.05, 3.63) is 69.7 Å². The predicted molar refractivity (Wildman–Crippen MR) is 149 cm³/mol. The van der Waals surface area contributed by atoms with E-state index in [0.29, 0.717) is 36.0 Å². The molecule has 0 aliphatic rings. The quantitative estimate of drug-likeness (QED) is 0.193. The van der Waals surface area contributed by atoms with E-state index in [1.54, 1.807) is 6.20 Å². The number of phenols is 1. The molecule has 1 aromatic heterocycles. The van der Waals surface area contributed by atoms with Crippen LogP contribution in [0.2, 0.25) is 5.02 Å². The molecule has 0 bridgehead atoms. The average Bonchev–Trinajstić information content (AvgIpc) is 3.37. The van der Waals surface area contributed by atoms with E-state index in [1.807, 2.05) is 36.3 Å². The lowest BCUT2D eigenvalue weighted by Crippen LogP contribution is -2.13. The second kappa shape index (κ2) is 12.9. The number of aromatic nitrogens is 3. The number of hydrogen-bond acceptors (Lipinski definition) is 5. The van der Waals surface area contributed by atoms with Crippen molar-refractivity contribution in [3.8, 4) is 16.9 Å². The zero-order valence-corrected chi connectivity index (χ0v) is 23.3. The van der Waals surface area contributed by atoms with E-state index < -0.39 is 0 Å². The van der Waals surface area contributed by atoms with Crippen LogP contribution < -0.4 is 0 Å². The maximum atomic E-state index is 11.8. The van der Waals surface area contributed by atoms with Crippen LogP contribution in [-0.4, -0.2) is 33.1 Å². The Kier molecular flexibility index (Phi) is 9.96. The molecule has 3 rings (SSSR count). The first-order valence-corrected chi connectivity index (χ1v) is 13.4. The minimum Gasteiger partial charge on any atom is -0.507 e. The molecule has 198 valence electrons. The van der Waals surface area contributed by atoms with Gasteiger partial charge >= 0.3 is 0 Å². The Morgan fingerprint density at radius 3 is 2.59 bits per heavy atom. The summed E-state index contributed by atoms with van der Waals surface area (Å²) in [5.74, 6) is 2.92. The van der Waals surface area contributed by atoms with Gasteiger partial charge in [0.05, 0.1) is 18.5 Å². The minimum absolute atomic E-state index is 0.211.